The molecular formula is C48H93BO9. The summed E-state index contributed by atoms with van der Waals surface area (Å²) in [5.74, 6) is -1.80. The van der Waals surface area contributed by atoms with Crippen LogP contribution in [0.2, 0.25) is 0 Å². The highest BCUT2D eigenvalue weighted by molar-refractivity contribution is 6.35. The van der Waals surface area contributed by atoms with Crippen LogP contribution in [-0.4, -0.2) is 25.2 Å². The fourth-order valence-corrected chi connectivity index (χ4v) is 7.31. The van der Waals surface area contributed by atoms with Crippen molar-refractivity contribution in [3.8, 4) is 0 Å². The second-order valence-corrected chi connectivity index (χ2v) is 16.9. The van der Waals surface area contributed by atoms with Gasteiger partial charge in [0.15, 0.2) is 0 Å². The minimum Gasteiger partial charge on any atom is -0.308 e. The first-order chi connectivity index (χ1) is 28.5. The van der Waals surface area contributed by atoms with Crippen LogP contribution in [0, 0.1) is 0 Å². The van der Waals surface area contributed by atoms with E-state index in [0.29, 0.717) is 19.3 Å². The predicted molar refractivity (Wildman–Crippen MR) is 238 cm³/mol. The second-order valence-electron chi connectivity index (χ2n) is 16.9. The Balaban J connectivity index is 4.30. The molecule has 0 rings (SSSR count). The molecule has 0 unspecified atom stereocenters. The first-order valence-corrected chi connectivity index (χ1v) is 25.1. The quantitative estimate of drug-likeness (QED) is 0.0256. The summed E-state index contributed by atoms with van der Waals surface area (Å²) in [6.45, 7) is 6.75. The Morgan fingerprint density at radius 1 is 0.259 bits per heavy atom. The molecule has 0 atom stereocenters. The highest BCUT2D eigenvalue weighted by Gasteiger charge is 2.32. The van der Waals surface area contributed by atoms with Gasteiger partial charge in [0.05, 0.1) is 0 Å². The van der Waals surface area contributed by atoms with Crippen molar-refractivity contribution in [2.24, 2.45) is 0 Å². The topological polar surface area (TPSA) is 107 Å². The van der Waals surface area contributed by atoms with Crippen molar-refractivity contribution in [3.05, 3.63) is 0 Å². The molecule has 0 aliphatic rings. The van der Waals surface area contributed by atoms with Gasteiger partial charge in [0.1, 0.15) is 0 Å². The van der Waals surface area contributed by atoms with Gasteiger partial charge < -0.3 is 14.7 Å². The molecule has 0 aliphatic heterocycles. The molecule has 0 N–H and O–H groups in total. The van der Waals surface area contributed by atoms with Crippen LogP contribution in [0.5, 0.6) is 0 Å². The van der Waals surface area contributed by atoms with Gasteiger partial charge in [-0.05, 0) is 19.3 Å². The Morgan fingerprint density at radius 2 is 0.414 bits per heavy atom. The highest BCUT2D eigenvalue weighted by atomic mass is 17.3. The lowest BCUT2D eigenvalue weighted by atomic mass is 10.0. The lowest BCUT2D eigenvalue weighted by Gasteiger charge is -2.11. The summed E-state index contributed by atoms with van der Waals surface area (Å²) < 4.78 is 0. The van der Waals surface area contributed by atoms with Gasteiger partial charge in [-0.2, -0.15) is 14.4 Å². The Morgan fingerprint density at radius 3 is 0.586 bits per heavy atom. The van der Waals surface area contributed by atoms with Gasteiger partial charge in [0, 0.05) is 19.3 Å². The minimum absolute atomic E-state index is 0.169. The van der Waals surface area contributed by atoms with Crippen LogP contribution in [-0.2, 0) is 43.5 Å². The van der Waals surface area contributed by atoms with Crippen molar-refractivity contribution < 1.29 is 43.5 Å². The molecule has 58 heavy (non-hydrogen) atoms. The molecule has 0 aromatic heterocycles. The van der Waals surface area contributed by atoms with Gasteiger partial charge in [-0.3, -0.25) is 0 Å². The zero-order chi connectivity index (χ0) is 42.3. The van der Waals surface area contributed by atoms with E-state index in [2.05, 4.69) is 20.8 Å². The fourth-order valence-electron chi connectivity index (χ4n) is 7.31. The molecule has 0 aromatic rings. The number of hydrogen-bond acceptors (Lipinski definition) is 9. The molecule has 0 radical (unpaired) electrons. The maximum atomic E-state index is 12.4. The predicted octanol–water partition coefficient (Wildman–Crippen LogP) is 15.8. The molecular weight excluding hydrogens is 731 g/mol. The van der Waals surface area contributed by atoms with Crippen molar-refractivity contribution in [2.75, 3.05) is 0 Å². The van der Waals surface area contributed by atoms with Crippen molar-refractivity contribution in [1.29, 1.82) is 0 Å². The molecule has 0 bridgehead atoms. The van der Waals surface area contributed by atoms with E-state index in [1.54, 1.807) is 0 Å². The summed E-state index contributed by atoms with van der Waals surface area (Å²) in [6, 6.07) is 0. The van der Waals surface area contributed by atoms with Crippen molar-refractivity contribution >= 4 is 25.2 Å². The Hall–Kier alpha value is -1.65. The number of unbranched alkanes of at least 4 members (excludes halogenated alkanes) is 36. The molecule has 0 spiro atoms. The van der Waals surface area contributed by atoms with Crippen molar-refractivity contribution in [2.45, 2.75) is 290 Å². The van der Waals surface area contributed by atoms with E-state index in [-0.39, 0.29) is 19.3 Å². The van der Waals surface area contributed by atoms with E-state index in [1.165, 1.54) is 193 Å². The third kappa shape index (κ3) is 45.4. The lowest BCUT2D eigenvalue weighted by Crippen LogP contribution is -2.31. The lowest BCUT2D eigenvalue weighted by molar-refractivity contribution is -0.316. The third-order valence-corrected chi connectivity index (χ3v) is 11.1. The average Bonchev–Trinajstić information content (AvgIpc) is 3.22. The number of rotatable bonds is 48. The third-order valence-electron chi connectivity index (χ3n) is 11.1. The van der Waals surface area contributed by atoms with Crippen molar-refractivity contribution in [3.63, 3.8) is 0 Å². The van der Waals surface area contributed by atoms with E-state index < -0.39 is 25.2 Å². The molecule has 0 saturated heterocycles. The van der Waals surface area contributed by atoms with Gasteiger partial charge in [-0.1, -0.05) is 252 Å². The molecule has 0 aromatic carbocycles. The number of carbonyl (C=O) groups is 3. The van der Waals surface area contributed by atoms with Gasteiger partial charge in [0.25, 0.3) is 0 Å². The van der Waals surface area contributed by atoms with Crippen LogP contribution >= 0.6 is 0 Å². The van der Waals surface area contributed by atoms with E-state index in [1.807, 2.05) is 0 Å². The molecule has 0 fully saturated rings. The van der Waals surface area contributed by atoms with E-state index in [9.17, 15) is 14.4 Å². The molecule has 0 amide bonds. The molecule has 0 heterocycles. The molecule has 342 valence electrons. The maximum absolute atomic E-state index is 12.4. The summed E-state index contributed by atoms with van der Waals surface area (Å²) in [4.78, 5) is 66.6. The normalized spacial score (nSPS) is 11.2. The second kappa shape index (κ2) is 48.0. The summed E-state index contributed by atoms with van der Waals surface area (Å²) in [5.41, 5.74) is 0. The van der Waals surface area contributed by atoms with Gasteiger partial charge in [0.2, 0.25) is 0 Å². The minimum atomic E-state index is -1.85. The summed E-state index contributed by atoms with van der Waals surface area (Å²) in [5, 5.41) is 0. The first kappa shape index (κ1) is 56.4. The van der Waals surface area contributed by atoms with Crippen LogP contribution in [0.15, 0.2) is 0 Å². The number of hydrogen-bond donors (Lipinski definition) is 0. The summed E-state index contributed by atoms with van der Waals surface area (Å²) in [7, 11) is -1.85. The Kier molecular flexibility index (Phi) is 46.7. The van der Waals surface area contributed by atoms with Crippen LogP contribution in [0.3, 0.4) is 0 Å². The Labute approximate surface area is 358 Å². The summed E-state index contributed by atoms with van der Waals surface area (Å²) in [6.07, 6.45) is 47.7. The molecule has 0 saturated carbocycles. The van der Waals surface area contributed by atoms with Gasteiger partial charge in [-0.25, -0.2) is 14.4 Å². The standard InChI is InChI=1S/C48H93BO9/c1-4-7-10-13-16-19-22-25-28-31-34-37-40-43-46(50)53-56-49(57-54-47(51)44-41-38-35-32-29-26-23-20-17-14-11-8-5-2)58-55-48(52)45-42-39-36-33-30-27-24-21-18-15-12-9-6-3/h4-45H2,1-3H3. The van der Waals surface area contributed by atoms with Gasteiger partial charge >= 0.3 is 25.2 Å². The smallest absolute Gasteiger partial charge is 0.308 e. The van der Waals surface area contributed by atoms with Gasteiger partial charge in [-0.15, -0.1) is 0 Å². The highest BCUT2D eigenvalue weighted by Crippen LogP contribution is 2.16. The first-order valence-electron chi connectivity index (χ1n) is 25.1. The summed E-state index contributed by atoms with van der Waals surface area (Å²) >= 11 is 0. The van der Waals surface area contributed by atoms with Crippen LogP contribution < -0.4 is 0 Å². The van der Waals surface area contributed by atoms with E-state index >= 15 is 0 Å². The van der Waals surface area contributed by atoms with Crippen LogP contribution in [0.4, 0.5) is 0 Å². The fraction of sp³-hybridized carbons (Fsp3) is 0.938. The van der Waals surface area contributed by atoms with Crippen LogP contribution in [0.1, 0.15) is 290 Å². The monoisotopic (exact) mass is 825 g/mol. The molecule has 9 nitrogen and oxygen atoms in total. The maximum Gasteiger partial charge on any atom is 0.754 e. The zero-order valence-electron chi connectivity index (χ0n) is 38.5. The van der Waals surface area contributed by atoms with E-state index in [4.69, 9.17) is 29.1 Å². The zero-order valence-corrected chi connectivity index (χ0v) is 38.5. The Bertz CT molecular complexity index is 765. The molecule has 0 aliphatic carbocycles. The molecule has 10 heteroatoms. The number of carbonyl (C=O) groups excluding carboxylic acids is 3. The van der Waals surface area contributed by atoms with E-state index in [0.717, 1.165) is 38.5 Å². The van der Waals surface area contributed by atoms with Crippen LogP contribution in [0.25, 0.3) is 0 Å². The average molecular weight is 825 g/mol. The SMILES string of the molecule is CCCCCCCCCCCCCCCC(=O)OOB(OOC(=O)CCCCCCCCCCCCCCC)OOC(=O)CCCCCCCCCCCCCCC. The van der Waals surface area contributed by atoms with Crippen molar-refractivity contribution in [1.82, 2.24) is 0 Å². The largest absolute Gasteiger partial charge is 0.754 e.